The molecular weight excluding hydrogens is 291 g/mol. The number of hydrogen-bond donors (Lipinski definition) is 1. The van der Waals surface area contributed by atoms with Gasteiger partial charge in [-0.2, -0.15) is 0 Å². The average Bonchev–Trinajstić information content (AvgIpc) is 2.46. The van der Waals surface area contributed by atoms with Crippen LogP contribution in [0.5, 0.6) is 0 Å². The smallest absolute Gasteiger partial charge is 0.0468 e. The summed E-state index contributed by atoms with van der Waals surface area (Å²) in [6.45, 7) is 4.28. The second kappa shape index (κ2) is 7.07. The van der Waals surface area contributed by atoms with Crippen LogP contribution in [-0.2, 0) is 0 Å². The van der Waals surface area contributed by atoms with Crippen LogP contribution in [0.3, 0.4) is 0 Å². The summed E-state index contributed by atoms with van der Waals surface area (Å²) < 4.78 is 0. The van der Waals surface area contributed by atoms with Gasteiger partial charge >= 0.3 is 0 Å². The molecule has 20 heavy (non-hydrogen) atoms. The van der Waals surface area contributed by atoms with Gasteiger partial charge in [-0.3, -0.25) is 4.98 Å². The Labute approximate surface area is 130 Å². The van der Waals surface area contributed by atoms with Gasteiger partial charge in [0.05, 0.1) is 0 Å². The topological polar surface area (TPSA) is 24.9 Å². The molecule has 2 nitrogen and oxygen atoms in total. The van der Waals surface area contributed by atoms with Gasteiger partial charge in [0.2, 0.25) is 0 Å². The first kappa shape index (κ1) is 15.3. The summed E-state index contributed by atoms with van der Waals surface area (Å²) in [7, 11) is 0. The molecule has 0 aliphatic rings. The summed E-state index contributed by atoms with van der Waals surface area (Å²) in [5.41, 5.74) is 2.29. The van der Waals surface area contributed by atoms with Crippen LogP contribution in [0.15, 0.2) is 42.7 Å². The number of rotatable bonds is 5. The molecule has 0 fully saturated rings. The average molecular weight is 309 g/mol. The van der Waals surface area contributed by atoms with Gasteiger partial charge < -0.3 is 5.32 Å². The number of aromatic nitrogens is 1. The Balaban J connectivity index is 2.17. The van der Waals surface area contributed by atoms with Crippen molar-refractivity contribution in [2.24, 2.45) is 0 Å². The number of pyridine rings is 1. The highest BCUT2D eigenvalue weighted by Crippen LogP contribution is 2.29. The summed E-state index contributed by atoms with van der Waals surface area (Å²) in [5.74, 6) is 0. The van der Waals surface area contributed by atoms with E-state index in [2.05, 4.69) is 24.1 Å². The van der Waals surface area contributed by atoms with Gasteiger partial charge in [0.15, 0.2) is 0 Å². The molecule has 2 atom stereocenters. The molecule has 1 N–H and O–H groups in total. The van der Waals surface area contributed by atoms with Crippen LogP contribution in [0.4, 0.5) is 0 Å². The van der Waals surface area contributed by atoms with Crippen molar-refractivity contribution in [3.63, 3.8) is 0 Å². The van der Waals surface area contributed by atoms with E-state index in [1.54, 1.807) is 6.07 Å². The highest BCUT2D eigenvalue weighted by molar-refractivity contribution is 6.35. The SMILES string of the molecule is CCC(N[C@H](C)c1ccncc1)c1ccc(Cl)cc1Cl. The van der Waals surface area contributed by atoms with Crippen molar-refractivity contribution < 1.29 is 0 Å². The molecule has 2 rings (SSSR count). The van der Waals surface area contributed by atoms with Crippen molar-refractivity contribution in [1.29, 1.82) is 0 Å². The number of hydrogen-bond acceptors (Lipinski definition) is 2. The lowest BCUT2D eigenvalue weighted by Gasteiger charge is -2.24. The van der Waals surface area contributed by atoms with Crippen molar-refractivity contribution in [3.8, 4) is 0 Å². The Morgan fingerprint density at radius 1 is 1.15 bits per heavy atom. The third kappa shape index (κ3) is 3.72. The summed E-state index contributed by atoms with van der Waals surface area (Å²) >= 11 is 12.3. The van der Waals surface area contributed by atoms with E-state index in [-0.39, 0.29) is 12.1 Å². The number of halogens is 2. The minimum absolute atomic E-state index is 0.197. The van der Waals surface area contributed by atoms with Crippen molar-refractivity contribution >= 4 is 23.2 Å². The number of benzene rings is 1. The number of nitrogens with one attached hydrogen (secondary N) is 1. The molecule has 4 heteroatoms. The molecule has 1 heterocycles. The minimum atomic E-state index is 0.197. The van der Waals surface area contributed by atoms with E-state index in [9.17, 15) is 0 Å². The van der Waals surface area contributed by atoms with Crippen LogP contribution in [0.25, 0.3) is 0 Å². The predicted molar refractivity (Wildman–Crippen MR) is 85.3 cm³/mol. The fourth-order valence-corrected chi connectivity index (χ4v) is 2.80. The first-order valence-corrected chi connectivity index (χ1v) is 7.48. The van der Waals surface area contributed by atoms with Gasteiger partial charge in [0, 0.05) is 34.5 Å². The maximum Gasteiger partial charge on any atom is 0.0468 e. The Morgan fingerprint density at radius 2 is 1.85 bits per heavy atom. The van der Waals surface area contributed by atoms with Crippen molar-refractivity contribution in [3.05, 3.63) is 63.9 Å². The first-order chi connectivity index (χ1) is 9.61. The van der Waals surface area contributed by atoms with E-state index in [0.717, 1.165) is 12.0 Å². The highest BCUT2D eigenvalue weighted by atomic mass is 35.5. The third-order valence-corrected chi connectivity index (χ3v) is 3.97. The van der Waals surface area contributed by atoms with Crippen LogP contribution in [0.1, 0.15) is 43.5 Å². The van der Waals surface area contributed by atoms with E-state index in [4.69, 9.17) is 23.2 Å². The lowest BCUT2D eigenvalue weighted by atomic mass is 10.0. The van der Waals surface area contributed by atoms with Gasteiger partial charge in [-0.15, -0.1) is 0 Å². The summed E-state index contributed by atoms with van der Waals surface area (Å²) in [5, 5.41) is 4.97. The van der Waals surface area contributed by atoms with Gasteiger partial charge in [0.1, 0.15) is 0 Å². The van der Waals surface area contributed by atoms with Crippen molar-refractivity contribution in [1.82, 2.24) is 10.3 Å². The molecule has 0 aliphatic heterocycles. The number of nitrogens with zero attached hydrogens (tertiary/aromatic N) is 1. The minimum Gasteiger partial charge on any atom is -0.303 e. The highest BCUT2D eigenvalue weighted by Gasteiger charge is 2.16. The molecule has 106 valence electrons. The monoisotopic (exact) mass is 308 g/mol. The van der Waals surface area contributed by atoms with Gasteiger partial charge in [-0.25, -0.2) is 0 Å². The zero-order chi connectivity index (χ0) is 14.5. The van der Waals surface area contributed by atoms with Gasteiger partial charge in [0.25, 0.3) is 0 Å². The molecule has 0 spiro atoms. The Bertz CT molecular complexity index is 558. The van der Waals surface area contributed by atoms with Crippen LogP contribution in [0.2, 0.25) is 10.0 Å². The third-order valence-electron chi connectivity index (χ3n) is 3.40. The predicted octanol–water partition coefficient (Wildman–Crippen LogP) is 5.19. The van der Waals surface area contributed by atoms with E-state index in [1.165, 1.54) is 5.56 Å². The second-order valence-corrected chi connectivity index (χ2v) is 5.64. The molecule has 1 unspecified atom stereocenters. The summed E-state index contributed by atoms with van der Waals surface area (Å²) in [4.78, 5) is 4.05. The van der Waals surface area contributed by atoms with E-state index in [1.807, 2.05) is 36.7 Å². The lowest BCUT2D eigenvalue weighted by Crippen LogP contribution is -2.24. The van der Waals surface area contributed by atoms with E-state index >= 15 is 0 Å². The fraction of sp³-hybridized carbons (Fsp3) is 0.312. The van der Waals surface area contributed by atoms with Crippen LogP contribution >= 0.6 is 23.2 Å². The zero-order valence-electron chi connectivity index (χ0n) is 11.6. The lowest BCUT2D eigenvalue weighted by molar-refractivity contribution is 0.456. The summed E-state index contributed by atoms with van der Waals surface area (Å²) in [6.07, 6.45) is 4.57. The quantitative estimate of drug-likeness (QED) is 0.822. The molecular formula is C16H18Cl2N2. The molecule has 0 aliphatic carbocycles. The molecule has 2 aromatic rings. The molecule has 0 bridgehead atoms. The largest absolute Gasteiger partial charge is 0.303 e. The first-order valence-electron chi connectivity index (χ1n) is 6.72. The fourth-order valence-electron chi connectivity index (χ4n) is 2.26. The zero-order valence-corrected chi connectivity index (χ0v) is 13.1. The van der Waals surface area contributed by atoms with Crippen LogP contribution in [0, 0.1) is 0 Å². The molecule has 0 amide bonds. The molecule has 0 saturated carbocycles. The molecule has 0 radical (unpaired) electrons. The van der Waals surface area contributed by atoms with Crippen LogP contribution < -0.4 is 5.32 Å². The Kier molecular flexibility index (Phi) is 5.41. The van der Waals surface area contributed by atoms with Gasteiger partial charge in [-0.05, 0) is 48.7 Å². The van der Waals surface area contributed by atoms with Crippen molar-refractivity contribution in [2.45, 2.75) is 32.4 Å². The molecule has 1 aromatic heterocycles. The molecule has 0 saturated heterocycles. The normalized spacial score (nSPS) is 14.0. The molecule has 1 aromatic carbocycles. The standard InChI is InChI=1S/C16H18Cl2N2/c1-3-16(14-5-4-13(17)10-15(14)18)20-11(2)12-6-8-19-9-7-12/h4-11,16,20H,3H2,1-2H3/t11-,16?/m1/s1. The Hall–Kier alpha value is -1.09. The van der Waals surface area contributed by atoms with Crippen LogP contribution in [-0.4, -0.2) is 4.98 Å². The van der Waals surface area contributed by atoms with E-state index in [0.29, 0.717) is 10.0 Å². The maximum atomic E-state index is 6.30. The van der Waals surface area contributed by atoms with Gasteiger partial charge in [-0.1, -0.05) is 36.2 Å². The Morgan fingerprint density at radius 3 is 2.45 bits per heavy atom. The second-order valence-electron chi connectivity index (χ2n) is 4.80. The van der Waals surface area contributed by atoms with E-state index < -0.39 is 0 Å². The van der Waals surface area contributed by atoms with Crippen molar-refractivity contribution in [2.75, 3.05) is 0 Å². The summed E-state index contributed by atoms with van der Waals surface area (Å²) in [6, 6.07) is 10.1. The maximum absolute atomic E-state index is 6.30.